The fourth-order valence-electron chi connectivity index (χ4n) is 2.22. The minimum Gasteiger partial charge on any atom is -0.329 e. The van der Waals surface area contributed by atoms with E-state index in [1.165, 1.54) is 33.9 Å². The summed E-state index contributed by atoms with van der Waals surface area (Å²) >= 11 is 7.45. The number of nitrogens with two attached hydrogens (primary N) is 1. The van der Waals surface area contributed by atoms with E-state index < -0.39 is 0 Å². The van der Waals surface area contributed by atoms with Gasteiger partial charge in [0.05, 0.1) is 9.83 Å². The summed E-state index contributed by atoms with van der Waals surface area (Å²) in [6.45, 7) is 5.34. The van der Waals surface area contributed by atoms with Crippen LogP contribution in [-0.2, 0) is 0 Å². The summed E-state index contributed by atoms with van der Waals surface area (Å²) in [6, 6.07) is 4.73. The molecule has 1 fully saturated rings. The highest BCUT2D eigenvalue weighted by molar-refractivity contribution is 9.11. The molecule has 0 amide bonds. The maximum absolute atomic E-state index is 5.97. The molecule has 5 heteroatoms. The molecule has 2 atom stereocenters. The van der Waals surface area contributed by atoms with Gasteiger partial charge >= 0.3 is 0 Å². The number of thioether (sulfide) groups is 1. The van der Waals surface area contributed by atoms with Gasteiger partial charge in [-0.25, -0.2) is 0 Å². The number of rotatable bonds is 4. The van der Waals surface area contributed by atoms with E-state index in [-0.39, 0.29) is 0 Å². The lowest BCUT2D eigenvalue weighted by atomic mass is 10.1. The highest BCUT2D eigenvalue weighted by Gasteiger charge is 2.26. The fourth-order valence-corrected chi connectivity index (χ4v) is 5.00. The lowest BCUT2D eigenvalue weighted by molar-refractivity contribution is 0.210. The Hall–Kier alpha value is 0.450. The third kappa shape index (κ3) is 3.47. The quantitative estimate of drug-likeness (QED) is 0.915. The van der Waals surface area contributed by atoms with Gasteiger partial charge in [0.15, 0.2) is 0 Å². The zero-order valence-electron chi connectivity index (χ0n) is 10.1. The van der Waals surface area contributed by atoms with Crippen LogP contribution in [-0.4, -0.2) is 35.5 Å². The summed E-state index contributed by atoms with van der Waals surface area (Å²) in [5.74, 6) is 1.24. The van der Waals surface area contributed by atoms with Gasteiger partial charge in [-0.2, -0.15) is 11.8 Å². The van der Waals surface area contributed by atoms with Gasteiger partial charge in [0.25, 0.3) is 0 Å². The third-order valence-electron chi connectivity index (χ3n) is 3.21. The lowest BCUT2D eigenvalue weighted by Gasteiger charge is -2.36. The lowest BCUT2D eigenvalue weighted by Crippen LogP contribution is -2.42. The molecule has 2 nitrogen and oxygen atoms in total. The average molecular weight is 335 g/mol. The Morgan fingerprint density at radius 3 is 3.00 bits per heavy atom. The van der Waals surface area contributed by atoms with Gasteiger partial charge in [-0.3, -0.25) is 4.90 Å². The second-order valence-electron chi connectivity index (χ2n) is 4.29. The van der Waals surface area contributed by atoms with Crippen LogP contribution in [0.15, 0.2) is 15.9 Å². The Morgan fingerprint density at radius 1 is 1.59 bits per heavy atom. The first-order valence-electron chi connectivity index (χ1n) is 6.05. The van der Waals surface area contributed by atoms with E-state index in [0.717, 1.165) is 5.25 Å². The molecule has 2 heterocycles. The summed E-state index contributed by atoms with van der Waals surface area (Å²) in [6.07, 6.45) is 1.26. The highest BCUT2D eigenvalue weighted by atomic mass is 79.9. The average Bonchev–Trinajstić information content (AvgIpc) is 2.77. The zero-order chi connectivity index (χ0) is 12.3. The molecule has 17 heavy (non-hydrogen) atoms. The summed E-state index contributed by atoms with van der Waals surface area (Å²) < 4.78 is 1.20. The molecule has 0 saturated carbocycles. The van der Waals surface area contributed by atoms with Crippen molar-refractivity contribution in [3.05, 3.63) is 20.8 Å². The van der Waals surface area contributed by atoms with Gasteiger partial charge in [-0.15, -0.1) is 11.3 Å². The Bertz CT molecular complexity index is 356. The van der Waals surface area contributed by atoms with Gasteiger partial charge < -0.3 is 5.73 Å². The molecule has 2 rings (SSSR count). The maximum Gasteiger partial charge on any atom is 0.0702 e. The number of hydrogen-bond donors (Lipinski definition) is 1. The monoisotopic (exact) mass is 334 g/mol. The summed E-state index contributed by atoms with van der Waals surface area (Å²) in [5, 5.41) is 0.779. The van der Waals surface area contributed by atoms with Crippen LogP contribution in [0.25, 0.3) is 0 Å². The van der Waals surface area contributed by atoms with Crippen molar-refractivity contribution in [2.45, 2.75) is 24.6 Å². The normalized spacial score (nSPS) is 23.8. The van der Waals surface area contributed by atoms with E-state index in [1.54, 1.807) is 0 Å². The third-order valence-corrected chi connectivity index (χ3v) is 6.31. The van der Waals surface area contributed by atoms with Crippen molar-refractivity contribution in [3.8, 4) is 0 Å². The predicted molar refractivity (Wildman–Crippen MR) is 81.9 cm³/mol. The Kier molecular flexibility index (Phi) is 5.36. The Labute approximate surface area is 120 Å². The van der Waals surface area contributed by atoms with Crippen LogP contribution in [0.3, 0.4) is 0 Å². The van der Waals surface area contributed by atoms with Crippen molar-refractivity contribution in [1.29, 1.82) is 0 Å². The smallest absolute Gasteiger partial charge is 0.0702 e. The molecule has 1 aliphatic heterocycles. The molecule has 1 aromatic rings. The molecule has 1 saturated heterocycles. The molecule has 0 bridgehead atoms. The van der Waals surface area contributed by atoms with Crippen LogP contribution in [0, 0.1) is 0 Å². The van der Waals surface area contributed by atoms with E-state index in [1.807, 2.05) is 11.3 Å². The number of thiophene rings is 1. The first-order chi connectivity index (χ1) is 8.24. The van der Waals surface area contributed by atoms with Crippen LogP contribution in [0.1, 0.15) is 24.3 Å². The van der Waals surface area contributed by atoms with Gasteiger partial charge in [0, 0.05) is 35.5 Å². The standard InChI is InChI=1S/C12H19BrN2S2/c1-2-9-8-15(5-6-16-9)10(7-14)11-3-4-12(13)17-11/h3-4,9-10H,2,5-8,14H2,1H3. The minimum atomic E-state index is 0.404. The molecule has 0 spiro atoms. The van der Waals surface area contributed by atoms with Gasteiger partial charge in [-0.1, -0.05) is 6.92 Å². The fraction of sp³-hybridized carbons (Fsp3) is 0.667. The van der Waals surface area contributed by atoms with Crippen molar-refractivity contribution in [2.24, 2.45) is 5.73 Å². The van der Waals surface area contributed by atoms with Crippen LogP contribution in [0.2, 0.25) is 0 Å². The number of hydrogen-bond acceptors (Lipinski definition) is 4. The number of nitrogens with zero attached hydrogens (tertiary/aromatic N) is 1. The molecule has 1 aromatic heterocycles. The highest BCUT2D eigenvalue weighted by Crippen LogP contribution is 2.33. The van der Waals surface area contributed by atoms with Gasteiger partial charge in [-0.05, 0) is 34.5 Å². The molecule has 1 aliphatic rings. The number of halogens is 1. The van der Waals surface area contributed by atoms with E-state index >= 15 is 0 Å². The molecular formula is C12H19BrN2S2. The first-order valence-corrected chi connectivity index (χ1v) is 8.71. The van der Waals surface area contributed by atoms with Crippen LogP contribution < -0.4 is 5.73 Å². The van der Waals surface area contributed by atoms with Crippen LogP contribution >= 0.6 is 39.0 Å². The predicted octanol–water partition coefficient (Wildman–Crippen LogP) is 3.34. The zero-order valence-corrected chi connectivity index (χ0v) is 13.3. The molecule has 2 N–H and O–H groups in total. The van der Waals surface area contributed by atoms with Crippen molar-refractivity contribution in [3.63, 3.8) is 0 Å². The van der Waals surface area contributed by atoms with Crippen LogP contribution in [0.4, 0.5) is 0 Å². The molecular weight excluding hydrogens is 316 g/mol. The second-order valence-corrected chi connectivity index (χ2v) is 8.19. The summed E-state index contributed by atoms with van der Waals surface area (Å²) in [7, 11) is 0. The molecule has 0 aliphatic carbocycles. The first kappa shape index (κ1) is 13.9. The van der Waals surface area contributed by atoms with Gasteiger partial charge in [0.1, 0.15) is 0 Å². The Morgan fingerprint density at radius 2 is 2.41 bits per heavy atom. The van der Waals surface area contributed by atoms with E-state index in [2.05, 4.69) is 51.6 Å². The van der Waals surface area contributed by atoms with E-state index in [4.69, 9.17) is 5.73 Å². The van der Waals surface area contributed by atoms with E-state index in [0.29, 0.717) is 12.6 Å². The van der Waals surface area contributed by atoms with Crippen molar-refractivity contribution < 1.29 is 0 Å². The van der Waals surface area contributed by atoms with Crippen LogP contribution in [0.5, 0.6) is 0 Å². The summed E-state index contributed by atoms with van der Waals surface area (Å²) in [5.41, 5.74) is 5.97. The summed E-state index contributed by atoms with van der Waals surface area (Å²) in [4.78, 5) is 3.95. The van der Waals surface area contributed by atoms with E-state index in [9.17, 15) is 0 Å². The maximum atomic E-state index is 5.97. The molecule has 2 unspecified atom stereocenters. The molecule has 96 valence electrons. The van der Waals surface area contributed by atoms with Gasteiger partial charge in [0.2, 0.25) is 0 Å². The molecule has 0 radical (unpaired) electrons. The van der Waals surface area contributed by atoms with Crippen molar-refractivity contribution >= 4 is 39.0 Å². The SMILES string of the molecule is CCC1CN(C(CN)c2ccc(Br)s2)CCS1. The van der Waals surface area contributed by atoms with Crippen molar-refractivity contribution in [1.82, 2.24) is 4.90 Å². The van der Waals surface area contributed by atoms with Crippen molar-refractivity contribution in [2.75, 3.05) is 25.4 Å². The second kappa shape index (κ2) is 6.57. The minimum absolute atomic E-state index is 0.404. The Balaban J connectivity index is 2.07. The molecule has 0 aromatic carbocycles. The largest absolute Gasteiger partial charge is 0.329 e. The topological polar surface area (TPSA) is 29.3 Å².